The summed E-state index contributed by atoms with van der Waals surface area (Å²) in [6.45, 7) is 2.22. The molecule has 1 heterocycles. The quantitative estimate of drug-likeness (QED) is 0.197. The smallest absolute Gasteiger partial charge is 0.104 e. The summed E-state index contributed by atoms with van der Waals surface area (Å²) < 4.78 is 0. The second-order valence-corrected chi connectivity index (χ2v) is 11.7. The molecule has 43 heavy (non-hydrogen) atoms. The summed E-state index contributed by atoms with van der Waals surface area (Å²) in [4.78, 5) is 7.54. The maximum absolute atomic E-state index is 5.05. The monoisotopic (exact) mass is 554 g/mol. The molecule has 0 N–H and O–H groups in total. The van der Waals surface area contributed by atoms with Gasteiger partial charge in [-0.2, -0.15) is 0 Å². The molecule has 0 radical (unpaired) electrons. The van der Waals surface area contributed by atoms with Gasteiger partial charge in [-0.05, 0) is 73.9 Å². The number of hydrogen-bond donors (Lipinski definition) is 0. The number of nitrogens with zero attached hydrogens (tertiary/aromatic N) is 2. The predicted octanol–water partition coefficient (Wildman–Crippen LogP) is 10.4. The van der Waals surface area contributed by atoms with Crippen LogP contribution >= 0.6 is 0 Å². The molecule has 2 aliphatic carbocycles. The summed E-state index contributed by atoms with van der Waals surface area (Å²) in [6, 6.07) is 38.2. The highest BCUT2D eigenvalue weighted by atomic mass is 15.3. The van der Waals surface area contributed by atoms with Gasteiger partial charge in [0.05, 0.1) is 12.1 Å². The Morgan fingerprint density at radius 2 is 1.19 bits per heavy atom. The average molecular weight is 555 g/mol. The maximum Gasteiger partial charge on any atom is 0.104 e. The third kappa shape index (κ3) is 4.37. The maximum atomic E-state index is 5.05. The summed E-state index contributed by atoms with van der Waals surface area (Å²) in [7, 11) is 0. The number of benzene rings is 5. The van der Waals surface area contributed by atoms with Crippen molar-refractivity contribution in [1.29, 1.82) is 0 Å². The summed E-state index contributed by atoms with van der Waals surface area (Å²) in [6.07, 6.45) is 16.6. The normalized spacial score (nSPS) is 19.4. The minimum absolute atomic E-state index is 0.230. The largest absolute Gasteiger partial charge is 0.324 e. The van der Waals surface area contributed by atoms with Gasteiger partial charge in [0, 0.05) is 12.1 Å². The zero-order valence-corrected chi connectivity index (χ0v) is 24.4. The molecule has 208 valence electrons. The Morgan fingerprint density at radius 3 is 1.81 bits per heavy atom. The van der Waals surface area contributed by atoms with Crippen molar-refractivity contribution in [2.45, 2.75) is 38.3 Å². The van der Waals surface area contributed by atoms with Crippen LogP contribution < -0.4 is 0 Å². The highest BCUT2D eigenvalue weighted by Gasteiger charge is 2.35. The summed E-state index contributed by atoms with van der Waals surface area (Å²) in [5.41, 5.74) is 9.20. The van der Waals surface area contributed by atoms with Crippen LogP contribution in [-0.2, 0) is 0 Å². The van der Waals surface area contributed by atoms with Crippen molar-refractivity contribution in [2.75, 3.05) is 0 Å². The molecule has 8 rings (SSSR count). The van der Waals surface area contributed by atoms with Crippen molar-refractivity contribution in [1.82, 2.24) is 4.90 Å². The fourth-order valence-electron chi connectivity index (χ4n) is 7.25. The van der Waals surface area contributed by atoms with E-state index >= 15 is 0 Å². The highest BCUT2D eigenvalue weighted by Crippen LogP contribution is 2.44. The van der Waals surface area contributed by atoms with Crippen LogP contribution in [0.2, 0.25) is 0 Å². The zero-order chi connectivity index (χ0) is 28.8. The number of amidine groups is 1. The highest BCUT2D eigenvalue weighted by molar-refractivity contribution is 6.18. The van der Waals surface area contributed by atoms with Gasteiger partial charge in [-0.15, -0.1) is 0 Å². The fourth-order valence-corrected chi connectivity index (χ4v) is 7.25. The van der Waals surface area contributed by atoms with Gasteiger partial charge in [0.25, 0.3) is 0 Å². The fraction of sp³-hybridized carbons (Fsp3) is 0.146. The topological polar surface area (TPSA) is 15.6 Å². The van der Waals surface area contributed by atoms with Gasteiger partial charge >= 0.3 is 0 Å². The van der Waals surface area contributed by atoms with Crippen LogP contribution in [0.5, 0.6) is 0 Å². The van der Waals surface area contributed by atoms with Gasteiger partial charge in [-0.3, -0.25) is 4.99 Å². The molecular formula is C41H34N2. The molecule has 2 heteroatoms. The molecule has 5 aromatic rings. The lowest BCUT2D eigenvalue weighted by molar-refractivity contribution is 0.424. The van der Waals surface area contributed by atoms with Crippen LogP contribution in [0.15, 0.2) is 150 Å². The van der Waals surface area contributed by atoms with Gasteiger partial charge in [-0.25, -0.2) is 0 Å². The van der Waals surface area contributed by atoms with E-state index in [4.69, 9.17) is 4.99 Å². The number of aliphatic imine (C=N–C) groups is 1. The van der Waals surface area contributed by atoms with E-state index in [1.807, 2.05) is 0 Å². The lowest BCUT2D eigenvalue weighted by Crippen LogP contribution is -2.38. The standard InChI is InChI=1S/C41H34N2/c1-2-39-42-37-18-10-11-19-38(37)43(39)32-26-24-31(25-27-32)41-35-16-8-6-14-33(35)40(34-15-7-9-17-36(34)41)30-22-20-29(21-23-30)28-12-4-3-5-13-28/h3-24,26,37-38H,2,25,27H2,1H3. The van der Waals surface area contributed by atoms with Gasteiger partial charge in [0.15, 0.2) is 0 Å². The minimum Gasteiger partial charge on any atom is -0.324 e. The number of rotatable bonds is 5. The van der Waals surface area contributed by atoms with Crippen LogP contribution in [0.1, 0.15) is 31.7 Å². The van der Waals surface area contributed by atoms with E-state index in [1.165, 1.54) is 66.5 Å². The Morgan fingerprint density at radius 1 is 0.605 bits per heavy atom. The van der Waals surface area contributed by atoms with Crippen molar-refractivity contribution in [3.63, 3.8) is 0 Å². The van der Waals surface area contributed by atoms with Crippen LogP contribution in [0.4, 0.5) is 0 Å². The van der Waals surface area contributed by atoms with E-state index in [2.05, 4.69) is 151 Å². The zero-order valence-electron chi connectivity index (χ0n) is 24.4. The third-order valence-corrected chi connectivity index (χ3v) is 9.24. The molecule has 0 saturated carbocycles. The van der Waals surface area contributed by atoms with Crippen molar-refractivity contribution in [2.24, 2.45) is 4.99 Å². The Bertz CT molecular complexity index is 1950. The molecule has 2 nitrogen and oxygen atoms in total. The number of allylic oxidation sites excluding steroid dienone is 6. The molecule has 0 fully saturated rings. The second-order valence-electron chi connectivity index (χ2n) is 11.7. The minimum atomic E-state index is 0.230. The van der Waals surface area contributed by atoms with E-state index in [0.29, 0.717) is 6.04 Å². The summed E-state index contributed by atoms with van der Waals surface area (Å²) >= 11 is 0. The first-order chi connectivity index (χ1) is 21.3. The molecule has 0 aromatic heterocycles. The predicted molar refractivity (Wildman–Crippen MR) is 183 cm³/mol. The molecule has 5 aromatic carbocycles. The number of fused-ring (bicyclic) bond motifs is 3. The molecule has 0 amide bonds. The van der Waals surface area contributed by atoms with E-state index in [1.54, 1.807) is 0 Å². The van der Waals surface area contributed by atoms with Crippen LogP contribution in [0, 0.1) is 0 Å². The van der Waals surface area contributed by atoms with Gasteiger partial charge in [0.1, 0.15) is 5.84 Å². The first-order valence-corrected chi connectivity index (χ1v) is 15.5. The third-order valence-electron chi connectivity index (χ3n) is 9.24. The van der Waals surface area contributed by atoms with Gasteiger partial charge in [0.2, 0.25) is 0 Å². The van der Waals surface area contributed by atoms with Crippen molar-refractivity contribution in [3.8, 4) is 22.3 Å². The van der Waals surface area contributed by atoms with E-state index < -0.39 is 0 Å². The van der Waals surface area contributed by atoms with Crippen LogP contribution in [-0.4, -0.2) is 22.8 Å². The van der Waals surface area contributed by atoms with E-state index in [9.17, 15) is 0 Å². The lowest BCUT2D eigenvalue weighted by atomic mass is 9.83. The molecule has 0 spiro atoms. The van der Waals surface area contributed by atoms with Crippen LogP contribution in [0.3, 0.4) is 0 Å². The average Bonchev–Trinajstić information content (AvgIpc) is 3.47. The molecule has 1 aliphatic heterocycles. The van der Waals surface area contributed by atoms with Crippen molar-refractivity contribution >= 4 is 33.0 Å². The molecule has 0 saturated heterocycles. The molecular weight excluding hydrogens is 520 g/mol. The van der Waals surface area contributed by atoms with Gasteiger partial charge in [-0.1, -0.05) is 140 Å². The summed E-state index contributed by atoms with van der Waals surface area (Å²) in [5, 5.41) is 5.26. The number of hydrogen-bond acceptors (Lipinski definition) is 2. The van der Waals surface area contributed by atoms with Gasteiger partial charge < -0.3 is 4.90 Å². The molecule has 2 atom stereocenters. The first kappa shape index (κ1) is 25.7. The second kappa shape index (κ2) is 10.7. The summed E-state index contributed by atoms with van der Waals surface area (Å²) in [5.74, 6) is 1.20. The SMILES string of the molecule is CCC1=NC2C=CC=CC2N1C1=CC=C(c2c3ccccc3c(-c3ccc(-c4ccccc4)cc3)c3ccccc23)CC1. The van der Waals surface area contributed by atoms with Crippen molar-refractivity contribution in [3.05, 3.63) is 151 Å². The Labute approximate surface area is 253 Å². The molecule has 3 aliphatic rings. The Kier molecular flexibility index (Phi) is 6.41. The van der Waals surface area contributed by atoms with E-state index in [-0.39, 0.29) is 6.04 Å². The molecule has 0 bridgehead atoms. The Hall–Kier alpha value is -4.95. The van der Waals surface area contributed by atoms with E-state index in [0.717, 1.165) is 19.3 Å². The van der Waals surface area contributed by atoms with Crippen molar-refractivity contribution < 1.29 is 0 Å². The van der Waals surface area contributed by atoms with Crippen LogP contribution in [0.25, 0.3) is 49.4 Å². The lowest BCUT2D eigenvalue weighted by Gasteiger charge is -2.32. The Balaban J connectivity index is 1.25. The first-order valence-electron chi connectivity index (χ1n) is 15.5. The molecule has 2 unspecified atom stereocenters.